The van der Waals surface area contributed by atoms with Crippen molar-refractivity contribution >= 4 is 17.9 Å². The minimum atomic E-state index is -1.65. The van der Waals surface area contributed by atoms with Gasteiger partial charge < -0.3 is 33.3 Å². The van der Waals surface area contributed by atoms with Gasteiger partial charge in [-0.3, -0.25) is 9.59 Å². The van der Waals surface area contributed by atoms with Crippen molar-refractivity contribution in [1.82, 2.24) is 0 Å². The first-order valence-corrected chi connectivity index (χ1v) is 23.9. The molecule has 0 aromatic heterocycles. The highest BCUT2D eigenvalue weighted by Gasteiger charge is 2.21. The number of esters is 2. The molecule has 0 rings (SSSR count). The van der Waals surface area contributed by atoms with E-state index in [1.54, 1.807) is 0 Å². The van der Waals surface area contributed by atoms with Crippen LogP contribution in [0.1, 0.15) is 162 Å². The molecule has 0 spiro atoms. The monoisotopic (exact) mass is 866 g/mol. The zero-order valence-electron chi connectivity index (χ0n) is 39.7. The molecule has 0 fully saturated rings. The van der Waals surface area contributed by atoms with Gasteiger partial charge in [-0.2, -0.15) is 0 Å². The van der Waals surface area contributed by atoms with E-state index in [1.807, 2.05) is 33.3 Å². The Labute approximate surface area is 378 Å². The van der Waals surface area contributed by atoms with Gasteiger partial charge in [0.1, 0.15) is 13.2 Å². The van der Waals surface area contributed by atoms with Crippen LogP contribution < -0.4 is 5.11 Å². The number of carbonyl (C=O) groups excluding carboxylic acids is 3. The summed E-state index contributed by atoms with van der Waals surface area (Å²) in [5.74, 6) is -2.42. The molecule has 2 unspecified atom stereocenters. The Morgan fingerprint density at radius 2 is 0.952 bits per heavy atom. The standard InChI is InChI=1S/C53H87NO8/c1-6-8-10-12-14-16-18-20-22-24-26-28-30-32-34-36-38-40-42-44-51(56)62-49(48-61-53(52(57)58)59-46-45-54(3,4)5)47-60-50(55)43-41-39-37-35-33-31-29-27-25-23-21-19-17-15-13-11-9-7-2/h8,10,14,16-17,19-20,22-23,25-26,28,32,34,38,40,49,53H,6-7,9,11-13,15,18,21,24,27,29-31,33,35-37,39,41-48H2,1-5H3/b10-8-,16-14-,19-17-,22-20-,25-23-,28-26-,34-32-,40-38-. The first kappa shape index (κ1) is 58.2. The van der Waals surface area contributed by atoms with E-state index in [1.165, 1.54) is 51.4 Å². The van der Waals surface area contributed by atoms with Crippen LogP contribution >= 0.6 is 0 Å². The first-order valence-electron chi connectivity index (χ1n) is 23.9. The lowest BCUT2D eigenvalue weighted by atomic mass is 10.1. The topological polar surface area (TPSA) is 111 Å². The second-order valence-corrected chi connectivity index (χ2v) is 16.7. The van der Waals surface area contributed by atoms with E-state index in [4.69, 9.17) is 18.9 Å². The van der Waals surface area contributed by atoms with Crippen LogP contribution in [0.5, 0.6) is 0 Å². The van der Waals surface area contributed by atoms with Gasteiger partial charge in [0.2, 0.25) is 0 Å². The summed E-state index contributed by atoms with van der Waals surface area (Å²) in [6.07, 6.45) is 54.5. The summed E-state index contributed by atoms with van der Waals surface area (Å²) in [6, 6.07) is 0. The molecule has 0 bridgehead atoms. The lowest BCUT2D eigenvalue weighted by Gasteiger charge is -2.26. The van der Waals surface area contributed by atoms with Crippen LogP contribution in [0.3, 0.4) is 0 Å². The van der Waals surface area contributed by atoms with Crippen molar-refractivity contribution in [2.75, 3.05) is 47.5 Å². The highest BCUT2D eigenvalue weighted by molar-refractivity contribution is 5.70. The Morgan fingerprint density at radius 1 is 0.500 bits per heavy atom. The molecule has 0 aliphatic rings. The van der Waals surface area contributed by atoms with Crippen LogP contribution in [0.25, 0.3) is 0 Å². The average molecular weight is 866 g/mol. The number of unbranched alkanes of at least 4 members (excludes halogenated alkanes) is 11. The third-order valence-electron chi connectivity index (χ3n) is 9.58. The van der Waals surface area contributed by atoms with Crippen molar-refractivity contribution < 1.29 is 42.9 Å². The van der Waals surface area contributed by atoms with Crippen molar-refractivity contribution in [2.24, 2.45) is 0 Å². The summed E-state index contributed by atoms with van der Waals surface area (Å²) in [5.41, 5.74) is 0. The molecule has 0 aliphatic carbocycles. The van der Waals surface area contributed by atoms with Crippen LogP contribution in [0, 0.1) is 0 Å². The molecule has 0 saturated heterocycles. The number of quaternary nitrogens is 1. The van der Waals surface area contributed by atoms with Gasteiger partial charge in [0.05, 0.1) is 40.3 Å². The highest BCUT2D eigenvalue weighted by Crippen LogP contribution is 2.12. The summed E-state index contributed by atoms with van der Waals surface area (Å²) >= 11 is 0. The Hall–Kier alpha value is -3.79. The lowest BCUT2D eigenvalue weighted by Crippen LogP contribution is -2.44. The summed E-state index contributed by atoms with van der Waals surface area (Å²) in [5, 5.41) is 11.7. The van der Waals surface area contributed by atoms with Gasteiger partial charge in [-0.1, -0.05) is 162 Å². The molecule has 0 aliphatic heterocycles. The predicted octanol–water partition coefficient (Wildman–Crippen LogP) is 11.7. The Bertz CT molecular complexity index is 1330. The maximum absolute atomic E-state index is 12.7. The number of carbonyl (C=O) groups is 3. The highest BCUT2D eigenvalue weighted by atomic mass is 16.7. The third kappa shape index (κ3) is 44.3. The number of carboxylic acids is 1. The average Bonchev–Trinajstić information content (AvgIpc) is 3.23. The van der Waals surface area contributed by atoms with Crippen LogP contribution in [-0.4, -0.2) is 82.3 Å². The van der Waals surface area contributed by atoms with Gasteiger partial charge in [-0.05, 0) is 83.5 Å². The van der Waals surface area contributed by atoms with Gasteiger partial charge in [0.25, 0.3) is 0 Å². The van der Waals surface area contributed by atoms with Crippen molar-refractivity contribution in [3.8, 4) is 0 Å². The van der Waals surface area contributed by atoms with E-state index in [0.29, 0.717) is 23.9 Å². The Kier molecular flexibility index (Phi) is 41.2. The normalized spacial score (nSPS) is 13.8. The first-order chi connectivity index (χ1) is 30.1. The third-order valence-corrected chi connectivity index (χ3v) is 9.58. The molecule has 9 nitrogen and oxygen atoms in total. The number of likely N-dealkylation sites (N-methyl/N-ethyl adjacent to an activating group) is 1. The van der Waals surface area contributed by atoms with E-state index in [0.717, 1.165) is 70.6 Å². The number of rotatable bonds is 42. The number of allylic oxidation sites excluding steroid dienone is 16. The number of aliphatic carboxylic acids is 1. The zero-order chi connectivity index (χ0) is 45.6. The maximum atomic E-state index is 12.7. The molecule has 0 saturated carbocycles. The fourth-order valence-electron chi connectivity index (χ4n) is 5.88. The molecule has 0 amide bonds. The van der Waals surface area contributed by atoms with E-state index in [9.17, 15) is 19.5 Å². The Morgan fingerprint density at radius 3 is 1.44 bits per heavy atom. The number of ether oxygens (including phenoxy) is 4. The number of hydrogen-bond donors (Lipinski definition) is 0. The minimum absolute atomic E-state index is 0.115. The molecule has 0 N–H and O–H groups in total. The smallest absolute Gasteiger partial charge is 0.306 e. The van der Waals surface area contributed by atoms with Crippen LogP contribution in [0.15, 0.2) is 97.2 Å². The fourth-order valence-corrected chi connectivity index (χ4v) is 5.88. The number of carboxylic acid groups (broad SMARTS) is 1. The summed E-state index contributed by atoms with van der Waals surface area (Å²) in [6.45, 7) is 4.49. The van der Waals surface area contributed by atoms with E-state index in [2.05, 4.69) is 98.9 Å². The van der Waals surface area contributed by atoms with Crippen LogP contribution in [0.2, 0.25) is 0 Å². The fraction of sp³-hybridized carbons (Fsp3) is 0.642. The quantitative estimate of drug-likeness (QED) is 0.0196. The maximum Gasteiger partial charge on any atom is 0.306 e. The van der Waals surface area contributed by atoms with Gasteiger partial charge in [0, 0.05) is 12.8 Å². The molecule has 2 atom stereocenters. The number of nitrogens with zero attached hydrogens (tertiary/aromatic N) is 1. The molecule has 0 heterocycles. The summed E-state index contributed by atoms with van der Waals surface area (Å²) in [7, 11) is 5.87. The van der Waals surface area contributed by atoms with Gasteiger partial charge in [-0.25, -0.2) is 0 Å². The largest absolute Gasteiger partial charge is 0.545 e. The Balaban J connectivity index is 4.56. The number of hydrogen-bond acceptors (Lipinski definition) is 8. The van der Waals surface area contributed by atoms with E-state index < -0.39 is 30.3 Å². The van der Waals surface area contributed by atoms with Gasteiger partial charge >= 0.3 is 11.9 Å². The molecular formula is C53H87NO8. The minimum Gasteiger partial charge on any atom is -0.545 e. The van der Waals surface area contributed by atoms with E-state index >= 15 is 0 Å². The zero-order valence-corrected chi connectivity index (χ0v) is 39.7. The SMILES string of the molecule is CC/C=C\C/C=C\C/C=C\C/C=C\C/C=C\C/C=C\CCC(=O)OC(COC(=O)CCCCCCCCC/C=C\C/C=C\CCCCCC)COC(OCC[N+](C)(C)C)C(=O)[O-]. The van der Waals surface area contributed by atoms with Crippen molar-refractivity contribution in [1.29, 1.82) is 0 Å². The molecule has 62 heavy (non-hydrogen) atoms. The van der Waals surface area contributed by atoms with Crippen molar-refractivity contribution in [3.63, 3.8) is 0 Å². The molecule has 0 aromatic rings. The summed E-state index contributed by atoms with van der Waals surface area (Å²) in [4.78, 5) is 37.0. The van der Waals surface area contributed by atoms with Crippen molar-refractivity contribution in [2.45, 2.75) is 174 Å². The molecule has 0 radical (unpaired) electrons. The van der Waals surface area contributed by atoms with E-state index in [-0.39, 0.29) is 32.7 Å². The lowest BCUT2D eigenvalue weighted by molar-refractivity contribution is -0.870. The second-order valence-electron chi connectivity index (χ2n) is 16.7. The molecular weight excluding hydrogens is 779 g/mol. The predicted molar refractivity (Wildman–Crippen MR) is 255 cm³/mol. The van der Waals surface area contributed by atoms with Gasteiger partial charge in [-0.15, -0.1) is 0 Å². The summed E-state index contributed by atoms with van der Waals surface area (Å²) < 4.78 is 22.5. The van der Waals surface area contributed by atoms with Gasteiger partial charge in [0.15, 0.2) is 12.4 Å². The second kappa shape index (κ2) is 43.8. The van der Waals surface area contributed by atoms with Crippen molar-refractivity contribution in [3.05, 3.63) is 97.2 Å². The van der Waals surface area contributed by atoms with Crippen LogP contribution in [0.4, 0.5) is 0 Å². The molecule has 9 heteroatoms. The van der Waals surface area contributed by atoms with Crippen LogP contribution in [-0.2, 0) is 33.3 Å². The molecule has 0 aromatic carbocycles. The molecule has 352 valence electrons.